The molecule has 0 amide bonds. The number of aliphatic hydroxyl groups excluding tert-OH is 1. The van der Waals surface area contributed by atoms with Gasteiger partial charge in [-0.2, -0.15) is 23.4 Å². The summed E-state index contributed by atoms with van der Waals surface area (Å²) < 4.78 is 80.3. The number of alkyl halides is 2. The first-order valence-corrected chi connectivity index (χ1v) is 12.9. The summed E-state index contributed by atoms with van der Waals surface area (Å²) in [4.78, 5) is 51.3. The highest BCUT2D eigenvalue weighted by Crippen LogP contribution is 2.67. The third-order valence-corrected chi connectivity index (χ3v) is 8.11. The Morgan fingerprint density at radius 2 is 1.82 bits per heavy atom. The molecule has 2 rings (SSSR count). The molecule has 33 heavy (non-hydrogen) atoms. The van der Waals surface area contributed by atoms with Crippen LogP contribution in [0.5, 0.6) is 0 Å². The van der Waals surface area contributed by atoms with Crippen LogP contribution in [0.15, 0.2) is 11.0 Å². The smallest absolute Gasteiger partial charge is 0.387 e. The zero-order valence-corrected chi connectivity index (χ0v) is 19.2. The summed E-state index contributed by atoms with van der Waals surface area (Å²) in [6.45, 7) is -0.200. The van der Waals surface area contributed by atoms with E-state index in [1.807, 2.05) is 0 Å². The monoisotopic (exact) mass is 546 g/mol. The van der Waals surface area contributed by atoms with Gasteiger partial charge in [0.2, 0.25) is 5.67 Å². The summed E-state index contributed by atoms with van der Waals surface area (Å²) in [5.41, 5.74) is -1.74. The number of aliphatic hydroxyl groups is 1. The SMILES string of the molecule is CC(C)(OP(=O)(O)OP(=O)(O)OP(=O)(O)O)[C@H]1O[C@@H](n2ncc(N)nc2=O)C(F)(CF)[C@H]1O. The van der Waals surface area contributed by atoms with Gasteiger partial charge >= 0.3 is 29.2 Å². The predicted octanol–water partition coefficient (Wildman–Crippen LogP) is -0.722. The number of nitrogen functional groups attached to an aromatic ring is 1. The number of hydrogen-bond donors (Lipinski definition) is 6. The third kappa shape index (κ3) is 6.48. The van der Waals surface area contributed by atoms with Gasteiger partial charge in [0.1, 0.15) is 30.3 Å². The van der Waals surface area contributed by atoms with Gasteiger partial charge < -0.3 is 35.2 Å². The molecule has 1 aliphatic heterocycles. The first-order chi connectivity index (χ1) is 14.7. The van der Waals surface area contributed by atoms with E-state index in [-0.39, 0.29) is 10.5 Å². The van der Waals surface area contributed by atoms with Crippen LogP contribution in [-0.4, -0.2) is 69.6 Å². The lowest BCUT2D eigenvalue weighted by molar-refractivity contribution is -0.123. The molecule has 0 saturated carbocycles. The van der Waals surface area contributed by atoms with Gasteiger partial charge in [-0.25, -0.2) is 27.3 Å². The molecule has 1 aromatic rings. The zero-order valence-electron chi connectivity index (χ0n) is 16.5. The molecular formula is C11H19F2N4O13P3. The second kappa shape index (κ2) is 9.11. The van der Waals surface area contributed by atoms with Crippen LogP contribution in [0, 0.1) is 0 Å². The average molecular weight is 546 g/mol. The number of ether oxygens (including phenoxy) is 1. The van der Waals surface area contributed by atoms with E-state index in [4.69, 9.17) is 20.3 Å². The molecule has 0 aromatic carbocycles. The summed E-state index contributed by atoms with van der Waals surface area (Å²) in [7, 11) is -17.3. The number of aromatic nitrogens is 3. The number of phosphoric acid groups is 3. The maximum Gasteiger partial charge on any atom is 0.490 e. The van der Waals surface area contributed by atoms with Crippen LogP contribution in [-0.2, 0) is 31.6 Å². The molecule has 0 aliphatic carbocycles. The molecule has 190 valence electrons. The van der Waals surface area contributed by atoms with E-state index in [1.54, 1.807) is 0 Å². The summed E-state index contributed by atoms with van der Waals surface area (Å²) in [5, 5.41) is 13.8. The molecule has 0 radical (unpaired) electrons. The number of nitrogens with zero attached hydrogens (tertiary/aromatic N) is 3. The normalized spacial score (nSPS) is 30.0. The van der Waals surface area contributed by atoms with E-state index >= 15 is 4.39 Å². The second-order valence-electron chi connectivity index (χ2n) is 7.11. The molecular weight excluding hydrogens is 527 g/mol. The Morgan fingerprint density at radius 3 is 2.30 bits per heavy atom. The van der Waals surface area contributed by atoms with Gasteiger partial charge in [0.25, 0.3) is 0 Å². The minimum Gasteiger partial charge on any atom is -0.387 e. The summed E-state index contributed by atoms with van der Waals surface area (Å²) in [6.07, 6.45) is -6.02. The van der Waals surface area contributed by atoms with Gasteiger partial charge in [0.15, 0.2) is 6.23 Å². The van der Waals surface area contributed by atoms with E-state index in [2.05, 4.69) is 23.2 Å². The summed E-state index contributed by atoms with van der Waals surface area (Å²) in [5.74, 6) is -0.371. The highest BCUT2D eigenvalue weighted by molar-refractivity contribution is 7.66. The molecule has 1 saturated heterocycles. The van der Waals surface area contributed by atoms with Crippen molar-refractivity contribution in [2.24, 2.45) is 0 Å². The van der Waals surface area contributed by atoms with Gasteiger partial charge in [0, 0.05) is 0 Å². The fourth-order valence-corrected chi connectivity index (χ4v) is 6.18. The highest BCUT2D eigenvalue weighted by atomic mass is 31.3. The van der Waals surface area contributed by atoms with Crippen molar-refractivity contribution < 1.29 is 65.0 Å². The first-order valence-electron chi connectivity index (χ1n) is 8.37. The molecule has 22 heteroatoms. The van der Waals surface area contributed by atoms with Crippen molar-refractivity contribution in [3.8, 4) is 0 Å². The number of anilines is 1. The van der Waals surface area contributed by atoms with Gasteiger partial charge in [-0.05, 0) is 13.8 Å². The Balaban J connectivity index is 2.34. The van der Waals surface area contributed by atoms with Crippen LogP contribution in [0.4, 0.5) is 14.6 Å². The number of phosphoric ester groups is 1. The van der Waals surface area contributed by atoms with E-state index in [0.29, 0.717) is 0 Å². The second-order valence-corrected chi connectivity index (χ2v) is 11.5. The van der Waals surface area contributed by atoms with Crippen molar-refractivity contribution in [3.05, 3.63) is 16.7 Å². The van der Waals surface area contributed by atoms with Crippen molar-refractivity contribution in [2.45, 2.75) is 43.6 Å². The largest absolute Gasteiger partial charge is 0.490 e. The Labute approximate surface area is 182 Å². The van der Waals surface area contributed by atoms with Crippen molar-refractivity contribution in [3.63, 3.8) is 0 Å². The van der Waals surface area contributed by atoms with E-state index in [1.165, 1.54) is 0 Å². The topological polar surface area (TPSA) is 263 Å². The quantitative estimate of drug-likeness (QED) is 0.209. The molecule has 1 fully saturated rings. The van der Waals surface area contributed by atoms with Gasteiger partial charge in [-0.15, -0.1) is 0 Å². The fourth-order valence-electron chi connectivity index (χ4n) is 2.84. The summed E-state index contributed by atoms with van der Waals surface area (Å²) in [6, 6.07) is 0. The Kier molecular flexibility index (Phi) is 7.74. The van der Waals surface area contributed by atoms with Crippen molar-refractivity contribution >= 4 is 29.3 Å². The van der Waals surface area contributed by atoms with Crippen LogP contribution in [0.3, 0.4) is 0 Å². The van der Waals surface area contributed by atoms with Crippen LogP contribution in [0.1, 0.15) is 20.1 Å². The molecule has 1 aliphatic rings. The van der Waals surface area contributed by atoms with Gasteiger partial charge in [0.05, 0.1) is 6.20 Å². The van der Waals surface area contributed by atoms with Crippen LogP contribution < -0.4 is 11.4 Å². The minimum atomic E-state index is -5.89. The number of halogens is 2. The number of hydrogen-bond acceptors (Lipinski definition) is 12. The van der Waals surface area contributed by atoms with Crippen LogP contribution in [0.2, 0.25) is 0 Å². The Bertz CT molecular complexity index is 1100. The zero-order chi connectivity index (χ0) is 25.6. The number of nitrogens with two attached hydrogens (primary N) is 1. The maximum atomic E-state index is 15.3. The predicted molar refractivity (Wildman–Crippen MR) is 99.5 cm³/mol. The van der Waals surface area contributed by atoms with Gasteiger partial charge in [-0.1, -0.05) is 0 Å². The molecule has 0 spiro atoms. The van der Waals surface area contributed by atoms with Crippen molar-refractivity contribution in [1.82, 2.24) is 14.8 Å². The lowest BCUT2D eigenvalue weighted by atomic mass is 9.90. The highest BCUT2D eigenvalue weighted by Gasteiger charge is 2.64. The van der Waals surface area contributed by atoms with Crippen LogP contribution >= 0.6 is 23.5 Å². The molecule has 3 unspecified atom stereocenters. The van der Waals surface area contributed by atoms with E-state index in [0.717, 1.165) is 20.0 Å². The molecule has 6 atom stereocenters. The molecule has 0 bridgehead atoms. The van der Waals surface area contributed by atoms with Crippen molar-refractivity contribution in [1.29, 1.82) is 0 Å². The standard InChI is InChI=1S/C11H19F2N4O13P3/c1-10(2,28-32(23,24)30-33(25,26)29-31(20,21)22)7-6(18)11(13,4-12)8(27-7)17-9(19)16-5(14)3-15-17/h3,6-8,18H,4H2,1-2H3,(H,23,24)(H,25,26)(H2,14,16,19)(H2,20,21,22)/t6-,7-,8+,11?/m0/s1. The molecule has 17 nitrogen and oxygen atoms in total. The van der Waals surface area contributed by atoms with E-state index in [9.17, 15) is 37.8 Å². The molecule has 2 heterocycles. The fraction of sp³-hybridized carbons (Fsp3) is 0.727. The lowest BCUT2D eigenvalue weighted by Gasteiger charge is -2.34. The molecule has 1 aromatic heterocycles. The van der Waals surface area contributed by atoms with Gasteiger partial charge in [-0.3, -0.25) is 4.52 Å². The molecule has 7 N–H and O–H groups in total. The Morgan fingerprint density at radius 1 is 1.24 bits per heavy atom. The maximum absolute atomic E-state index is 15.3. The average Bonchev–Trinajstić information content (AvgIpc) is 2.83. The first kappa shape index (κ1) is 28.0. The summed E-state index contributed by atoms with van der Waals surface area (Å²) >= 11 is 0. The lowest BCUT2D eigenvalue weighted by Crippen LogP contribution is -2.51. The number of rotatable bonds is 9. The third-order valence-electron chi connectivity index (χ3n) is 4.08. The van der Waals surface area contributed by atoms with E-state index < -0.39 is 65.5 Å². The minimum absolute atomic E-state index is 0.208. The van der Waals surface area contributed by atoms with Crippen LogP contribution in [0.25, 0.3) is 0 Å². The Hall–Kier alpha value is -1.20. The van der Waals surface area contributed by atoms with Crippen molar-refractivity contribution in [2.75, 3.05) is 12.4 Å².